The average Bonchev–Trinajstić information content (AvgIpc) is 2.12. The number of hydrogen-bond donors (Lipinski definition) is 1. The predicted octanol–water partition coefficient (Wildman–Crippen LogP) is 2.62. The molecule has 0 aliphatic rings. The molecule has 0 atom stereocenters. The van der Waals surface area contributed by atoms with Gasteiger partial charge in [0.05, 0.1) is 0 Å². The van der Waals surface area contributed by atoms with Crippen LogP contribution in [-0.2, 0) is 4.79 Å². The summed E-state index contributed by atoms with van der Waals surface area (Å²) in [5, 5.41) is 8.64. The molecular weight excluding hydrogens is 183 g/mol. The number of carboxylic acid groups (broad SMARTS) is 1. The van der Waals surface area contributed by atoms with Crippen molar-refractivity contribution in [3.05, 3.63) is 40.7 Å². The molecule has 0 spiro atoms. The largest absolute Gasteiger partial charge is 0.478 e. The van der Waals surface area contributed by atoms with Crippen LogP contribution < -0.4 is 0 Å². The molecule has 0 unspecified atom stereocenters. The zero-order valence-electron chi connectivity index (χ0n) is 8.04. The molecule has 2 nitrogen and oxygen atoms in total. The van der Waals surface area contributed by atoms with Crippen LogP contribution in [0, 0.1) is 12.7 Å². The third kappa shape index (κ3) is 2.19. The van der Waals surface area contributed by atoms with Gasteiger partial charge in [-0.3, -0.25) is 0 Å². The highest BCUT2D eigenvalue weighted by molar-refractivity contribution is 5.91. The zero-order valence-corrected chi connectivity index (χ0v) is 8.04. The van der Waals surface area contributed by atoms with Crippen molar-refractivity contribution >= 4 is 12.0 Å². The smallest absolute Gasteiger partial charge is 0.331 e. The maximum atomic E-state index is 13.1. The second kappa shape index (κ2) is 4.05. The van der Waals surface area contributed by atoms with E-state index < -0.39 is 5.97 Å². The van der Waals surface area contributed by atoms with E-state index in [1.54, 1.807) is 19.1 Å². The van der Waals surface area contributed by atoms with E-state index in [4.69, 9.17) is 5.11 Å². The lowest BCUT2D eigenvalue weighted by atomic mass is 10.1. The Morgan fingerprint density at radius 2 is 2.14 bits per heavy atom. The van der Waals surface area contributed by atoms with Crippen LogP contribution in [0.15, 0.2) is 23.8 Å². The molecule has 1 aromatic rings. The topological polar surface area (TPSA) is 37.3 Å². The van der Waals surface area contributed by atoms with E-state index >= 15 is 0 Å². The number of hydrogen-bond acceptors (Lipinski definition) is 1. The van der Waals surface area contributed by atoms with Gasteiger partial charge in [0.15, 0.2) is 0 Å². The molecule has 0 aliphatic carbocycles. The van der Waals surface area contributed by atoms with Crippen molar-refractivity contribution in [3.63, 3.8) is 0 Å². The zero-order chi connectivity index (χ0) is 10.7. The Labute approximate surface area is 81.7 Å². The van der Waals surface area contributed by atoms with E-state index in [9.17, 15) is 9.18 Å². The minimum absolute atomic E-state index is 0.193. The molecule has 0 aliphatic heterocycles. The summed E-state index contributed by atoms with van der Waals surface area (Å²) in [5.74, 6) is -1.31. The van der Waals surface area contributed by atoms with Crippen molar-refractivity contribution in [1.82, 2.24) is 0 Å². The Balaban J connectivity index is 3.15. The van der Waals surface area contributed by atoms with Crippen molar-refractivity contribution in [1.29, 1.82) is 0 Å². The predicted molar refractivity (Wildman–Crippen MR) is 52.4 cm³/mol. The Morgan fingerprint density at radius 1 is 1.50 bits per heavy atom. The lowest BCUT2D eigenvalue weighted by Gasteiger charge is -2.01. The van der Waals surface area contributed by atoms with E-state index in [-0.39, 0.29) is 11.4 Å². The standard InChI is InChI=1S/C11H11FO2/c1-7(11(13)14)6-9-4-3-5-10(12)8(9)2/h3-6H,1-2H3,(H,13,14)/b7-6+. The maximum absolute atomic E-state index is 13.1. The summed E-state index contributed by atoms with van der Waals surface area (Å²) in [7, 11) is 0. The molecule has 1 N–H and O–H groups in total. The summed E-state index contributed by atoms with van der Waals surface area (Å²) in [5.41, 5.74) is 1.26. The number of halogens is 1. The first-order valence-electron chi connectivity index (χ1n) is 4.19. The van der Waals surface area contributed by atoms with Crippen LogP contribution in [0.3, 0.4) is 0 Å². The van der Waals surface area contributed by atoms with Gasteiger partial charge < -0.3 is 5.11 Å². The molecule has 0 heterocycles. The van der Waals surface area contributed by atoms with Crippen molar-refractivity contribution in [2.75, 3.05) is 0 Å². The van der Waals surface area contributed by atoms with E-state index in [0.29, 0.717) is 11.1 Å². The number of aliphatic carboxylic acids is 1. The number of carbonyl (C=O) groups is 1. The highest BCUT2D eigenvalue weighted by Gasteiger charge is 2.04. The number of carboxylic acids is 1. The summed E-state index contributed by atoms with van der Waals surface area (Å²) < 4.78 is 13.1. The second-order valence-electron chi connectivity index (χ2n) is 3.09. The number of benzene rings is 1. The molecule has 0 aromatic heterocycles. The van der Waals surface area contributed by atoms with E-state index in [1.165, 1.54) is 19.1 Å². The van der Waals surface area contributed by atoms with Gasteiger partial charge in [0.25, 0.3) is 0 Å². The number of rotatable bonds is 2. The van der Waals surface area contributed by atoms with Gasteiger partial charge in [-0.2, -0.15) is 0 Å². The van der Waals surface area contributed by atoms with E-state index in [1.807, 2.05) is 0 Å². The first kappa shape index (κ1) is 10.4. The van der Waals surface area contributed by atoms with Gasteiger partial charge in [0, 0.05) is 5.57 Å². The first-order valence-corrected chi connectivity index (χ1v) is 4.19. The molecule has 1 aromatic carbocycles. The van der Waals surface area contributed by atoms with Crippen molar-refractivity contribution in [3.8, 4) is 0 Å². The molecule has 0 saturated heterocycles. The summed E-state index contributed by atoms with van der Waals surface area (Å²) >= 11 is 0. The van der Waals surface area contributed by atoms with Gasteiger partial charge >= 0.3 is 5.97 Å². The van der Waals surface area contributed by atoms with E-state index in [0.717, 1.165) is 0 Å². The fourth-order valence-corrected chi connectivity index (χ4v) is 1.08. The Hall–Kier alpha value is -1.64. The normalized spacial score (nSPS) is 11.5. The molecule has 0 radical (unpaired) electrons. The van der Waals surface area contributed by atoms with Gasteiger partial charge in [-0.15, -0.1) is 0 Å². The van der Waals surface area contributed by atoms with Crippen LogP contribution in [0.5, 0.6) is 0 Å². The van der Waals surface area contributed by atoms with Gasteiger partial charge in [0.2, 0.25) is 0 Å². The Bertz CT molecular complexity index is 394. The van der Waals surface area contributed by atoms with E-state index in [2.05, 4.69) is 0 Å². The molecule has 3 heteroatoms. The minimum atomic E-state index is -0.992. The fourth-order valence-electron chi connectivity index (χ4n) is 1.08. The lowest BCUT2D eigenvalue weighted by Crippen LogP contribution is -1.96. The van der Waals surface area contributed by atoms with Gasteiger partial charge in [-0.1, -0.05) is 12.1 Å². The van der Waals surface area contributed by atoms with Crippen LogP contribution >= 0.6 is 0 Å². The van der Waals surface area contributed by atoms with Crippen LogP contribution in [0.25, 0.3) is 6.08 Å². The van der Waals surface area contributed by atoms with Crippen LogP contribution in [0.2, 0.25) is 0 Å². The highest BCUT2D eigenvalue weighted by atomic mass is 19.1. The summed E-state index contributed by atoms with van der Waals surface area (Å²) in [4.78, 5) is 10.5. The molecule has 14 heavy (non-hydrogen) atoms. The van der Waals surface area contributed by atoms with Crippen molar-refractivity contribution in [2.45, 2.75) is 13.8 Å². The minimum Gasteiger partial charge on any atom is -0.478 e. The van der Waals surface area contributed by atoms with Gasteiger partial charge in [-0.25, -0.2) is 9.18 Å². The first-order chi connectivity index (χ1) is 6.52. The van der Waals surface area contributed by atoms with Crippen molar-refractivity contribution < 1.29 is 14.3 Å². The third-order valence-electron chi connectivity index (χ3n) is 2.02. The van der Waals surface area contributed by atoms with Gasteiger partial charge in [-0.05, 0) is 37.1 Å². The molecular formula is C11H11FO2. The fraction of sp³-hybridized carbons (Fsp3) is 0.182. The quantitative estimate of drug-likeness (QED) is 0.735. The lowest BCUT2D eigenvalue weighted by molar-refractivity contribution is -0.132. The molecule has 0 bridgehead atoms. The van der Waals surface area contributed by atoms with Crippen LogP contribution in [-0.4, -0.2) is 11.1 Å². The SMILES string of the molecule is C/C(=C\c1cccc(F)c1C)C(=O)O. The van der Waals surface area contributed by atoms with Gasteiger partial charge in [0.1, 0.15) is 5.82 Å². The highest BCUT2D eigenvalue weighted by Crippen LogP contribution is 2.15. The summed E-state index contributed by atoms with van der Waals surface area (Å²) in [6.07, 6.45) is 1.46. The van der Waals surface area contributed by atoms with Crippen LogP contribution in [0.4, 0.5) is 4.39 Å². The monoisotopic (exact) mass is 194 g/mol. The Kier molecular flexibility index (Phi) is 3.02. The molecule has 1 rings (SSSR count). The molecule has 0 amide bonds. The summed E-state index contributed by atoms with van der Waals surface area (Å²) in [6, 6.07) is 4.59. The molecule has 0 fully saturated rings. The maximum Gasteiger partial charge on any atom is 0.331 e. The molecule has 0 saturated carbocycles. The van der Waals surface area contributed by atoms with Crippen molar-refractivity contribution in [2.24, 2.45) is 0 Å². The Morgan fingerprint density at radius 3 is 2.71 bits per heavy atom. The summed E-state index contributed by atoms with van der Waals surface area (Å²) in [6.45, 7) is 3.10. The van der Waals surface area contributed by atoms with Crippen LogP contribution in [0.1, 0.15) is 18.1 Å². The molecule has 74 valence electrons. The average molecular weight is 194 g/mol. The second-order valence-corrected chi connectivity index (χ2v) is 3.09. The third-order valence-corrected chi connectivity index (χ3v) is 2.02.